The SMILES string of the molecule is CC(C)(O)CCOC(C)(C)c1ccc(C(=O)C(C)(C)CCCO)cc1. The maximum Gasteiger partial charge on any atom is 0.168 e. The molecule has 142 valence electrons. The van der Waals surface area contributed by atoms with E-state index < -0.39 is 16.6 Å². The maximum atomic E-state index is 12.7. The van der Waals surface area contributed by atoms with Crippen molar-refractivity contribution in [1.29, 1.82) is 0 Å². The van der Waals surface area contributed by atoms with Gasteiger partial charge in [-0.3, -0.25) is 4.79 Å². The third-order valence-electron chi connectivity index (χ3n) is 4.59. The van der Waals surface area contributed by atoms with Crippen molar-refractivity contribution in [3.05, 3.63) is 35.4 Å². The second kappa shape index (κ2) is 8.43. The van der Waals surface area contributed by atoms with Crippen LogP contribution in [-0.4, -0.2) is 34.8 Å². The van der Waals surface area contributed by atoms with Gasteiger partial charge in [-0.15, -0.1) is 0 Å². The Labute approximate surface area is 152 Å². The lowest BCUT2D eigenvalue weighted by molar-refractivity contribution is -0.0494. The topological polar surface area (TPSA) is 66.8 Å². The van der Waals surface area contributed by atoms with Crippen LogP contribution in [0.2, 0.25) is 0 Å². The Hall–Kier alpha value is -1.23. The predicted molar refractivity (Wildman–Crippen MR) is 101 cm³/mol. The van der Waals surface area contributed by atoms with Gasteiger partial charge in [-0.1, -0.05) is 38.1 Å². The zero-order valence-electron chi connectivity index (χ0n) is 16.6. The first-order valence-corrected chi connectivity index (χ1v) is 9.02. The monoisotopic (exact) mass is 350 g/mol. The number of benzene rings is 1. The summed E-state index contributed by atoms with van der Waals surface area (Å²) in [7, 11) is 0. The second-order valence-corrected chi connectivity index (χ2v) is 8.54. The number of carbonyl (C=O) groups excluding carboxylic acids is 1. The zero-order valence-corrected chi connectivity index (χ0v) is 16.6. The molecule has 0 saturated heterocycles. The fourth-order valence-electron chi connectivity index (χ4n) is 2.69. The minimum absolute atomic E-state index is 0.0910. The first-order valence-electron chi connectivity index (χ1n) is 9.02. The minimum atomic E-state index is -0.744. The van der Waals surface area contributed by atoms with E-state index in [1.54, 1.807) is 13.8 Å². The number of hydrogen-bond donors (Lipinski definition) is 2. The molecule has 0 radical (unpaired) electrons. The molecule has 0 fully saturated rings. The molecule has 4 nitrogen and oxygen atoms in total. The van der Waals surface area contributed by atoms with Crippen molar-refractivity contribution in [1.82, 2.24) is 0 Å². The van der Waals surface area contributed by atoms with Crippen LogP contribution in [0, 0.1) is 5.41 Å². The Morgan fingerprint density at radius 1 is 1.00 bits per heavy atom. The van der Waals surface area contributed by atoms with Crippen LogP contribution in [-0.2, 0) is 10.3 Å². The van der Waals surface area contributed by atoms with Gasteiger partial charge in [-0.05, 0) is 52.5 Å². The third kappa shape index (κ3) is 6.89. The second-order valence-electron chi connectivity index (χ2n) is 8.54. The number of carbonyl (C=O) groups is 1. The fraction of sp³-hybridized carbons (Fsp3) is 0.667. The van der Waals surface area contributed by atoms with Crippen LogP contribution >= 0.6 is 0 Å². The summed E-state index contributed by atoms with van der Waals surface area (Å²) in [5.41, 5.74) is -0.0405. The predicted octanol–water partition coefficient (Wildman–Crippen LogP) is 4.08. The highest BCUT2D eigenvalue weighted by Gasteiger charge is 2.29. The van der Waals surface area contributed by atoms with Crippen LogP contribution in [0.3, 0.4) is 0 Å². The highest BCUT2D eigenvalue weighted by atomic mass is 16.5. The van der Waals surface area contributed by atoms with E-state index in [0.29, 0.717) is 31.4 Å². The summed E-state index contributed by atoms with van der Waals surface area (Å²) in [6.07, 6.45) is 1.85. The van der Waals surface area contributed by atoms with E-state index in [1.807, 2.05) is 52.0 Å². The molecule has 4 heteroatoms. The van der Waals surface area contributed by atoms with Crippen LogP contribution in [0.1, 0.15) is 76.7 Å². The van der Waals surface area contributed by atoms with E-state index in [0.717, 1.165) is 5.56 Å². The van der Waals surface area contributed by atoms with Gasteiger partial charge in [0.1, 0.15) is 0 Å². The number of aliphatic hydroxyl groups excluding tert-OH is 1. The van der Waals surface area contributed by atoms with Gasteiger partial charge in [0.25, 0.3) is 0 Å². The quantitative estimate of drug-likeness (QED) is 0.624. The van der Waals surface area contributed by atoms with E-state index in [1.165, 1.54) is 0 Å². The van der Waals surface area contributed by atoms with Gasteiger partial charge in [0.15, 0.2) is 5.78 Å². The molecule has 0 amide bonds. The fourth-order valence-corrected chi connectivity index (χ4v) is 2.69. The molecule has 1 aromatic rings. The molecular formula is C21H34O4. The maximum absolute atomic E-state index is 12.7. The molecule has 0 spiro atoms. The molecular weight excluding hydrogens is 316 g/mol. The summed E-state index contributed by atoms with van der Waals surface area (Å²) >= 11 is 0. The van der Waals surface area contributed by atoms with Crippen LogP contribution in [0.15, 0.2) is 24.3 Å². The lowest BCUT2D eigenvalue weighted by Crippen LogP contribution is -2.27. The molecule has 0 aliphatic rings. The van der Waals surface area contributed by atoms with Gasteiger partial charge in [0.2, 0.25) is 0 Å². The summed E-state index contributed by atoms with van der Waals surface area (Å²) in [5.74, 6) is 0.0910. The molecule has 2 N–H and O–H groups in total. The zero-order chi connectivity index (χ0) is 19.3. The minimum Gasteiger partial charge on any atom is -0.396 e. The van der Waals surface area contributed by atoms with Crippen molar-refractivity contribution < 1.29 is 19.7 Å². The molecule has 0 aliphatic carbocycles. The summed E-state index contributed by atoms with van der Waals surface area (Å²) in [5, 5.41) is 18.8. The van der Waals surface area contributed by atoms with Gasteiger partial charge in [-0.2, -0.15) is 0 Å². The molecule has 0 bridgehead atoms. The molecule has 1 aromatic carbocycles. The third-order valence-corrected chi connectivity index (χ3v) is 4.59. The Kier molecular flexibility index (Phi) is 7.36. The van der Waals surface area contributed by atoms with Crippen LogP contribution in [0.25, 0.3) is 0 Å². The number of ether oxygens (including phenoxy) is 1. The lowest BCUT2D eigenvalue weighted by Gasteiger charge is -2.28. The van der Waals surface area contributed by atoms with E-state index >= 15 is 0 Å². The largest absolute Gasteiger partial charge is 0.396 e. The van der Waals surface area contributed by atoms with Crippen LogP contribution in [0.5, 0.6) is 0 Å². The van der Waals surface area contributed by atoms with Crippen molar-refractivity contribution >= 4 is 5.78 Å². The molecule has 0 aliphatic heterocycles. The molecule has 0 aromatic heterocycles. The smallest absolute Gasteiger partial charge is 0.168 e. The molecule has 1 rings (SSSR count). The number of aliphatic hydroxyl groups is 2. The highest BCUT2D eigenvalue weighted by molar-refractivity contribution is 6.00. The van der Waals surface area contributed by atoms with E-state index in [4.69, 9.17) is 9.84 Å². The number of ketones is 1. The highest BCUT2D eigenvalue weighted by Crippen LogP contribution is 2.30. The summed E-state index contributed by atoms with van der Waals surface area (Å²) in [4.78, 5) is 12.7. The Balaban J connectivity index is 2.79. The van der Waals surface area contributed by atoms with Crippen molar-refractivity contribution in [3.8, 4) is 0 Å². The summed E-state index contributed by atoms with van der Waals surface area (Å²) < 4.78 is 5.94. The molecule has 25 heavy (non-hydrogen) atoms. The Bertz CT molecular complexity index is 550. The molecule has 0 saturated carbocycles. The van der Waals surface area contributed by atoms with Gasteiger partial charge < -0.3 is 14.9 Å². The molecule has 0 unspecified atom stereocenters. The van der Waals surface area contributed by atoms with Crippen molar-refractivity contribution in [2.24, 2.45) is 5.41 Å². The molecule has 0 heterocycles. The first-order chi connectivity index (χ1) is 11.4. The van der Waals surface area contributed by atoms with Crippen molar-refractivity contribution in [3.63, 3.8) is 0 Å². The molecule has 0 atom stereocenters. The normalized spacial score (nSPS) is 13.1. The van der Waals surface area contributed by atoms with Gasteiger partial charge >= 0.3 is 0 Å². The summed E-state index contributed by atoms with van der Waals surface area (Å²) in [6.45, 7) is 11.9. The average Bonchev–Trinajstić information content (AvgIpc) is 2.51. The van der Waals surface area contributed by atoms with E-state index in [-0.39, 0.29) is 12.4 Å². The number of rotatable bonds is 10. The Morgan fingerprint density at radius 2 is 1.56 bits per heavy atom. The van der Waals surface area contributed by atoms with Gasteiger partial charge in [-0.25, -0.2) is 0 Å². The number of Topliss-reactive ketones (excluding diaryl/α,β-unsaturated/α-hetero) is 1. The van der Waals surface area contributed by atoms with E-state index in [2.05, 4.69) is 0 Å². The van der Waals surface area contributed by atoms with E-state index in [9.17, 15) is 9.90 Å². The standard InChI is InChI=1S/C21H34O4/c1-19(2,12-7-14-22)18(23)16-8-10-17(11-9-16)21(5,6)25-15-13-20(3,4)24/h8-11,22,24H,7,12-15H2,1-6H3. The Morgan fingerprint density at radius 3 is 2.04 bits per heavy atom. The summed E-state index contributed by atoms with van der Waals surface area (Å²) in [6, 6.07) is 7.55. The number of hydrogen-bond acceptors (Lipinski definition) is 4. The first kappa shape index (κ1) is 21.8. The van der Waals surface area contributed by atoms with Gasteiger partial charge in [0.05, 0.1) is 17.8 Å². The van der Waals surface area contributed by atoms with Crippen LogP contribution in [0.4, 0.5) is 0 Å². The van der Waals surface area contributed by atoms with Crippen LogP contribution < -0.4 is 0 Å². The van der Waals surface area contributed by atoms with Crippen molar-refractivity contribution in [2.45, 2.75) is 72.0 Å². The van der Waals surface area contributed by atoms with Gasteiger partial charge in [0, 0.05) is 17.6 Å². The van der Waals surface area contributed by atoms with Crippen molar-refractivity contribution in [2.75, 3.05) is 13.2 Å². The lowest BCUT2D eigenvalue weighted by atomic mass is 9.80. The average molecular weight is 350 g/mol.